The van der Waals surface area contributed by atoms with Crippen LogP contribution in [0.2, 0.25) is 0 Å². The Hall–Kier alpha value is -1.09. The van der Waals surface area contributed by atoms with E-state index < -0.39 is 0 Å². The smallest absolute Gasteiger partial charge is 0.128 e. The highest BCUT2D eigenvalue weighted by atomic mass is 15.2. The zero-order chi connectivity index (χ0) is 8.97. The van der Waals surface area contributed by atoms with Gasteiger partial charge in [0.2, 0.25) is 0 Å². The molecule has 0 spiro atoms. The van der Waals surface area contributed by atoms with Crippen LogP contribution in [0.1, 0.15) is 6.92 Å². The Morgan fingerprint density at radius 3 is 2.83 bits per heavy atom. The van der Waals surface area contributed by atoms with Gasteiger partial charge in [-0.15, -0.1) is 0 Å². The van der Waals surface area contributed by atoms with Crippen LogP contribution >= 0.6 is 0 Å². The first-order valence-electron chi connectivity index (χ1n) is 4.09. The molecule has 2 N–H and O–H groups in total. The first-order chi connectivity index (χ1) is 5.75. The number of likely N-dealkylation sites (N-methyl/N-ethyl adjacent to an activating group) is 1. The molecule has 0 saturated heterocycles. The van der Waals surface area contributed by atoms with Gasteiger partial charge in [0.25, 0.3) is 0 Å². The molecule has 0 aliphatic rings. The van der Waals surface area contributed by atoms with Crippen molar-refractivity contribution in [2.24, 2.45) is 5.73 Å². The average molecular weight is 165 g/mol. The highest BCUT2D eigenvalue weighted by molar-refractivity contribution is 5.37. The van der Waals surface area contributed by atoms with Crippen LogP contribution in [-0.2, 0) is 0 Å². The van der Waals surface area contributed by atoms with E-state index in [0.29, 0.717) is 12.6 Å². The van der Waals surface area contributed by atoms with E-state index in [4.69, 9.17) is 5.73 Å². The molecule has 1 unspecified atom stereocenters. The molecule has 66 valence electrons. The standard InChI is InChI=1S/C9H15N3/c1-8(7-10)12(2)9-5-3-4-6-11-9/h3-6,8H,7,10H2,1-2H3. The van der Waals surface area contributed by atoms with Gasteiger partial charge in [-0.25, -0.2) is 4.98 Å². The van der Waals surface area contributed by atoms with E-state index in [0.717, 1.165) is 5.82 Å². The maximum absolute atomic E-state index is 5.54. The number of nitrogens with two attached hydrogens (primary N) is 1. The lowest BCUT2D eigenvalue weighted by atomic mass is 10.3. The van der Waals surface area contributed by atoms with E-state index in [1.807, 2.05) is 25.2 Å². The van der Waals surface area contributed by atoms with Gasteiger partial charge in [-0.1, -0.05) is 6.07 Å². The summed E-state index contributed by atoms with van der Waals surface area (Å²) in [6, 6.07) is 6.19. The number of rotatable bonds is 3. The van der Waals surface area contributed by atoms with Gasteiger partial charge >= 0.3 is 0 Å². The zero-order valence-electron chi connectivity index (χ0n) is 7.57. The normalized spacial score (nSPS) is 12.6. The number of nitrogens with zero attached hydrogens (tertiary/aromatic N) is 2. The molecule has 12 heavy (non-hydrogen) atoms. The third-order valence-corrected chi connectivity index (χ3v) is 2.01. The molecule has 0 fully saturated rings. The molecule has 3 nitrogen and oxygen atoms in total. The van der Waals surface area contributed by atoms with Crippen LogP contribution < -0.4 is 10.6 Å². The van der Waals surface area contributed by atoms with Gasteiger partial charge in [-0.3, -0.25) is 0 Å². The minimum atomic E-state index is 0.333. The summed E-state index contributed by atoms with van der Waals surface area (Å²) >= 11 is 0. The molecule has 1 rings (SSSR count). The molecule has 0 aromatic carbocycles. The van der Waals surface area contributed by atoms with Crippen LogP contribution in [0.3, 0.4) is 0 Å². The molecule has 1 heterocycles. The maximum Gasteiger partial charge on any atom is 0.128 e. The monoisotopic (exact) mass is 165 g/mol. The largest absolute Gasteiger partial charge is 0.356 e. The van der Waals surface area contributed by atoms with Gasteiger partial charge in [0.15, 0.2) is 0 Å². The van der Waals surface area contributed by atoms with Gasteiger partial charge < -0.3 is 10.6 Å². The molecule has 0 radical (unpaired) electrons. The number of anilines is 1. The molecule has 0 aliphatic carbocycles. The van der Waals surface area contributed by atoms with E-state index in [1.165, 1.54) is 0 Å². The summed E-state index contributed by atoms with van der Waals surface area (Å²) in [7, 11) is 2.00. The van der Waals surface area contributed by atoms with Crippen molar-refractivity contribution in [3.63, 3.8) is 0 Å². The topological polar surface area (TPSA) is 42.1 Å². The van der Waals surface area contributed by atoms with Crippen molar-refractivity contribution in [1.82, 2.24) is 4.98 Å². The van der Waals surface area contributed by atoms with Crippen molar-refractivity contribution < 1.29 is 0 Å². The Bertz CT molecular complexity index is 222. The summed E-state index contributed by atoms with van der Waals surface area (Å²) < 4.78 is 0. The third-order valence-electron chi connectivity index (χ3n) is 2.01. The first-order valence-corrected chi connectivity index (χ1v) is 4.09. The lowest BCUT2D eigenvalue weighted by molar-refractivity contribution is 0.687. The molecule has 1 atom stereocenters. The minimum absolute atomic E-state index is 0.333. The molecule has 0 aliphatic heterocycles. The van der Waals surface area contributed by atoms with Gasteiger partial charge in [0.1, 0.15) is 5.82 Å². The summed E-state index contributed by atoms with van der Waals surface area (Å²) in [5, 5.41) is 0. The summed E-state index contributed by atoms with van der Waals surface area (Å²) in [5.41, 5.74) is 5.54. The number of pyridine rings is 1. The maximum atomic E-state index is 5.54. The Labute approximate surface area is 73.2 Å². The van der Waals surface area contributed by atoms with Crippen LogP contribution in [0.5, 0.6) is 0 Å². The predicted octanol–water partition coefficient (Wildman–Crippen LogP) is 0.865. The van der Waals surface area contributed by atoms with Crippen molar-refractivity contribution in [3.05, 3.63) is 24.4 Å². The minimum Gasteiger partial charge on any atom is -0.356 e. The molecule has 1 aromatic heterocycles. The summed E-state index contributed by atoms with van der Waals surface area (Å²) in [4.78, 5) is 6.29. The van der Waals surface area contributed by atoms with Crippen LogP contribution in [0.4, 0.5) is 5.82 Å². The molecule has 0 bridgehead atoms. The van der Waals surface area contributed by atoms with E-state index in [-0.39, 0.29) is 0 Å². The Morgan fingerprint density at radius 1 is 1.58 bits per heavy atom. The number of aromatic nitrogens is 1. The van der Waals surface area contributed by atoms with Crippen molar-refractivity contribution in [3.8, 4) is 0 Å². The van der Waals surface area contributed by atoms with Crippen LogP contribution in [0, 0.1) is 0 Å². The van der Waals surface area contributed by atoms with Crippen molar-refractivity contribution in [2.75, 3.05) is 18.5 Å². The molecular weight excluding hydrogens is 150 g/mol. The second-order valence-corrected chi connectivity index (χ2v) is 2.88. The van der Waals surface area contributed by atoms with Crippen molar-refractivity contribution in [2.45, 2.75) is 13.0 Å². The Balaban J connectivity index is 2.71. The lowest BCUT2D eigenvalue weighted by Crippen LogP contribution is -2.35. The zero-order valence-corrected chi connectivity index (χ0v) is 7.57. The lowest BCUT2D eigenvalue weighted by Gasteiger charge is -2.24. The second-order valence-electron chi connectivity index (χ2n) is 2.88. The quantitative estimate of drug-likeness (QED) is 0.722. The van der Waals surface area contributed by atoms with Crippen LogP contribution in [0.15, 0.2) is 24.4 Å². The van der Waals surface area contributed by atoms with Gasteiger partial charge in [0, 0.05) is 25.8 Å². The van der Waals surface area contributed by atoms with E-state index >= 15 is 0 Å². The highest BCUT2D eigenvalue weighted by Crippen LogP contribution is 2.08. The molecule has 3 heteroatoms. The summed E-state index contributed by atoms with van der Waals surface area (Å²) in [6.45, 7) is 2.72. The molecule has 0 amide bonds. The highest BCUT2D eigenvalue weighted by Gasteiger charge is 2.07. The summed E-state index contributed by atoms with van der Waals surface area (Å²) in [6.07, 6.45) is 1.79. The van der Waals surface area contributed by atoms with E-state index in [1.54, 1.807) is 6.20 Å². The fourth-order valence-corrected chi connectivity index (χ4v) is 0.946. The molecule has 1 aromatic rings. The molecular formula is C9H15N3. The molecule has 0 saturated carbocycles. The number of hydrogen-bond acceptors (Lipinski definition) is 3. The third kappa shape index (κ3) is 1.95. The van der Waals surface area contributed by atoms with E-state index in [9.17, 15) is 0 Å². The van der Waals surface area contributed by atoms with Crippen molar-refractivity contribution >= 4 is 5.82 Å². The second kappa shape index (κ2) is 4.07. The van der Waals surface area contributed by atoms with Crippen LogP contribution in [-0.4, -0.2) is 24.6 Å². The van der Waals surface area contributed by atoms with E-state index in [2.05, 4.69) is 16.8 Å². The summed E-state index contributed by atoms with van der Waals surface area (Å²) in [5.74, 6) is 0.968. The van der Waals surface area contributed by atoms with Crippen LogP contribution in [0.25, 0.3) is 0 Å². The predicted molar refractivity (Wildman–Crippen MR) is 51.2 cm³/mol. The SMILES string of the molecule is CC(CN)N(C)c1ccccn1. The number of hydrogen-bond donors (Lipinski definition) is 1. The average Bonchev–Trinajstić information content (AvgIpc) is 2.17. The van der Waals surface area contributed by atoms with Crippen molar-refractivity contribution in [1.29, 1.82) is 0 Å². The fourth-order valence-electron chi connectivity index (χ4n) is 0.946. The Kier molecular flexibility index (Phi) is 3.05. The first kappa shape index (κ1) is 9.00. The van der Waals surface area contributed by atoms with Gasteiger partial charge in [-0.05, 0) is 19.1 Å². The fraction of sp³-hybridized carbons (Fsp3) is 0.444. The Morgan fingerprint density at radius 2 is 2.33 bits per heavy atom. The van der Waals surface area contributed by atoms with Gasteiger partial charge in [0.05, 0.1) is 0 Å². The van der Waals surface area contributed by atoms with Gasteiger partial charge in [-0.2, -0.15) is 0 Å².